The lowest BCUT2D eigenvalue weighted by atomic mass is 9.94. The Morgan fingerprint density at radius 2 is 1.68 bits per heavy atom. The maximum atomic E-state index is 12.1. The zero-order valence-electron chi connectivity index (χ0n) is 21.5. The Labute approximate surface area is 223 Å². The molecule has 186 valence electrons. The molecule has 0 fully saturated rings. The van der Waals surface area contributed by atoms with Crippen LogP contribution in [-0.4, -0.2) is 20.1 Å². The highest BCUT2D eigenvalue weighted by Gasteiger charge is 2.16. The highest BCUT2D eigenvalue weighted by atomic mass is 32.2. The Morgan fingerprint density at radius 3 is 2.49 bits per heavy atom. The Kier molecular flexibility index (Phi) is 7.47. The molecule has 0 saturated heterocycles. The van der Waals surface area contributed by atoms with Crippen molar-refractivity contribution in [1.29, 1.82) is 0 Å². The van der Waals surface area contributed by atoms with Gasteiger partial charge >= 0.3 is 5.97 Å². The average Bonchev–Trinajstić information content (AvgIpc) is 2.93. The number of rotatable bonds is 4. The zero-order valence-corrected chi connectivity index (χ0v) is 22.3. The van der Waals surface area contributed by atoms with E-state index in [9.17, 15) is 4.79 Å². The number of carbonyl (C=O) groups is 1. The molecule has 0 N–H and O–H groups in total. The molecule has 0 atom stereocenters. The van der Waals surface area contributed by atoms with E-state index in [0.29, 0.717) is 5.56 Å². The Balaban J connectivity index is 1.63. The summed E-state index contributed by atoms with van der Waals surface area (Å²) < 4.78 is 4.91. The third-order valence-electron chi connectivity index (χ3n) is 6.92. The van der Waals surface area contributed by atoms with Crippen LogP contribution in [0.25, 0.3) is 11.1 Å². The SMILES string of the molecule is COC(=O)c1ccc(C(=C\C2=C(/C)CCCc3ccccc3S2)/C=C2\C=CN(C)c3ccccc32)cc1. The lowest BCUT2D eigenvalue weighted by Gasteiger charge is -2.24. The van der Waals surface area contributed by atoms with Crippen molar-refractivity contribution in [2.45, 2.75) is 31.1 Å². The van der Waals surface area contributed by atoms with Gasteiger partial charge in [0.15, 0.2) is 0 Å². The molecule has 3 nitrogen and oxygen atoms in total. The van der Waals surface area contributed by atoms with Crippen LogP contribution in [-0.2, 0) is 11.2 Å². The van der Waals surface area contributed by atoms with Crippen LogP contribution in [0.1, 0.15) is 46.8 Å². The topological polar surface area (TPSA) is 29.5 Å². The molecule has 0 spiro atoms. The van der Waals surface area contributed by atoms with Gasteiger partial charge in [-0.3, -0.25) is 0 Å². The fraction of sp³-hybridized carbons (Fsp3) is 0.182. The number of hydrogen-bond acceptors (Lipinski definition) is 4. The summed E-state index contributed by atoms with van der Waals surface area (Å²) in [4.78, 5) is 16.8. The van der Waals surface area contributed by atoms with E-state index in [1.807, 2.05) is 36.0 Å². The maximum Gasteiger partial charge on any atom is 0.337 e. The van der Waals surface area contributed by atoms with Crippen LogP contribution >= 0.6 is 11.8 Å². The van der Waals surface area contributed by atoms with Crippen molar-refractivity contribution in [3.8, 4) is 0 Å². The molecular formula is C33H31NO2S. The number of ether oxygens (including phenoxy) is 1. The first-order valence-corrected chi connectivity index (χ1v) is 13.4. The van der Waals surface area contributed by atoms with Crippen LogP contribution in [0.4, 0.5) is 5.69 Å². The van der Waals surface area contributed by atoms with Crippen LogP contribution < -0.4 is 4.90 Å². The van der Waals surface area contributed by atoms with Crippen LogP contribution in [0.3, 0.4) is 0 Å². The second kappa shape index (κ2) is 11.1. The Morgan fingerprint density at radius 1 is 0.946 bits per heavy atom. The molecular weight excluding hydrogens is 474 g/mol. The van der Waals surface area contributed by atoms with Gasteiger partial charge in [0.1, 0.15) is 0 Å². The quantitative estimate of drug-likeness (QED) is 0.334. The number of thioether (sulfide) groups is 1. The van der Waals surface area contributed by atoms with Gasteiger partial charge in [0.05, 0.1) is 12.7 Å². The molecule has 2 heterocycles. The van der Waals surface area contributed by atoms with E-state index < -0.39 is 0 Å². The van der Waals surface area contributed by atoms with Crippen LogP contribution in [0, 0.1) is 0 Å². The second-order valence-electron chi connectivity index (χ2n) is 9.42. The van der Waals surface area contributed by atoms with Crippen molar-refractivity contribution < 1.29 is 9.53 Å². The van der Waals surface area contributed by atoms with E-state index in [2.05, 4.69) is 91.8 Å². The second-order valence-corrected chi connectivity index (χ2v) is 10.5. The Hall–Kier alpha value is -3.76. The number of carbonyl (C=O) groups excluding carboxylic acids is 1. The number of aryl methyl sites for hydroxylation is 1. The largest absolute Gasteiger partial charge is 0.465 e. The fourth-order valence-electron chi connectivity index (χ4n) is 4.78. The molecule has 4 heteroatoms. The van der Waals surface area contributed by atoms with Gasteiger partial charge in [0.2, 0.25) is 0 Å². The molecule has 0 radical (unpaired) electrons. The molecule has 0 aromatic heterocycles. The van der Waals surface area contributed by atoms with Crippen molar-refractivity contribution >= 4 is 34.6 Å². The van der Waals surface area contributed by atoms with E-state index >= 15 is 0 Å². The average molecular weight is 506 g/mol. The monoisotopic (exact) mass is 505 g/mol. The van der Waals surface area contributed by atoms with Crippen molar-refractivity contribution in [2.24, 2.45) is 0 Å². The van der Waals surface area contributed by atoms with Gasteiger partial charge in [-0.1, -0.05) is 65.9 Å². The number of para-hydroxylation sites is 1. The molecule has 3 aromatic carbocycles. The van der Waals surface area contributed by atoms with Crippen molar-refractivity contribution in [2.75, 3.05) is 19.1 Å². The van der Waals surface area contributed by atoms with Gasteiger partial charge in [0.25, 0.3) is 0 Å². The van der Waals surface area contributed by atoms with Crippen molar-refractivity contribution in [1.82, 2.24) is 0 Å². The minimum atomic E-state index is -0.326. The van der Waals surface area contributed by atoms with E-state index in [1.54, 1.807) is 0 Å². The molecule has 0 saturated carbocycles. The molecule has 0 bridgehead atoms. The van der Waals surface area contributed by atoms with Gasteiger partial charge < -0.3 is 9.64 Å². The summed E-state index contributed by atoms with van der Waals surface area (Å²) in [7, 11) is 3.49. The summed E-state index contributed by atoms with van der Waals surface area (Å²) in [6, 6.07) is 24.9. The van der Waals surface area contributed by atoms with Crippen LogP contribution in [0.5, 0.6) is 0 Å². The summed E-state index contributed by atoms with van der Waals surface area (Å²) in [6.07, 6.45) is 12.2. The number of nitrogens with zero attached hydrogens (tertiary/aromatic N) is 1. The first-order chi connectivity index (χ1) is 18.0. The zero-order chi connectivity index (χ0) is 25.8. The third kappa shape index (κ3) is 5.50. The molecule has 37 heavy (non-hydrogen) atoms. The predicted octanol–water partition coefficient (Wildman–Crippen LogP) is 8.31. The molecule has 0 amide bonds. The van der Waals surface area contributed by atoms with Crippen molar-refractivity contribution in [3.05, 3.63) is 130 Å². The van der Waals surface area contributed by atoms with Crippen LogP contribution in [0.15, 0.2) is 113 Å². The lowest BCUT2D eigenvalue weighted by Crippen LogP contribution is -2.13. The van der Waals surface area contributed by atoms with Gasteiger partial charge in [-0.2, -0.15) is 0 Å². The number of allylic oxidation sites excluding steroid dienone is 6. The summed E-state index contributed by atoms with van der Waals surface area (Å²) >= 11 is 1.86. The highest BCUT2D eigenvalue weighted by Crippen LogP contribution is 2.39. The normalized spacial score (nSPS) is 18.6. The molecule has 2 aliphatic heterocycles. The number of methoxy groups -OCH3 is 1. The number of esters is 1. The minimum Gasteiger partial charge on any atom is -0.465 e. The van der Waals surface area contributed by atoms with Crippen molar-refractivity contribution in [3.63, 3.8) is 0 Å². The molecule has 0 aliphatic carbocycles. The first kappa shape index (κ1) is 24.9. The molecule has 5 rings (SSSR count). The van der Waals surface area contributed by atoms with Gasteiger partial charge in [0, 0.05) is 34.3 Å². The number of anilines is 1. The molecule has 0 unspecified atom stereocenters. The Bertz CT molecular complexity index is 1440. The fourth-order valence-corrected chi connectivity index (χ4v) is 5.93. The summed E-state index contributed by atoms with van der Waals surface area (Å²) in [5.74, 6) is -0.326. The van der Waals surface area contributed by atoms with E-state index in [0.717, 1.165) is 36.0 Å². The summed E-state index contributed by atoms with van der Waals surface area (Å²) in [6.45, 7) is 2.25. The first-order valence-electron chi connectivity index (χ1n) is 12.6. The van der Waals surface area contributed by atoms with Gasteiger partial charge in [-0.25, -0.2) is 4.79 Å². The van der Waals surface area contributed by atoms with E-state index in [4.69, 9.17) is 4.74 Å². The molecule has 2 aliphatic rings. The smallest absolute Gasteiger partial charge is 0.337 e. The number of hydrogen-bond donors (Lipinski definition) is 0. The van der Waals surface area contributed by atoms with E-state index in [-0.39, 0.29) is 5.97 Å². The number of fused-ring (bicyclic) bond motifs is 2. The van der Waals surface area contributed by atoms with Gasteiger partial charge in [-0.15, -0.1) is 0 Å². The summed E-state index contributed by atoms with van der Waals surface area (Å²) in [5, 5.41) is 0. The van der Waals surface area contributed by atoms with E-state index in [1.165, 1.54) is 39.3 Å². The minimum absolute atomic E-state index is 0.326. The third-order valence-corrected chi connectivity index (χ3v) is 8.23. The standard InChI is InChI=1S/C33H31NO2S/c1-23-9-8-11-25-10-4-7-14-31(25)37-32(23)22-28(24-15-17-26(18-16-24)33(35)36-3)21-27-19-20-34(2)30-13-6-5-12-29(27)30/h4-7,10,12-22H,8-9,11H2,1-3H3/b27-21+,28-22-,32-23-. The number of benzene rings is 3. The predicted molar refractivity (Wildman–Crippen MR) is 156 cm³/mol. The van der Waals surface area contributed by atoms with Crippen LogP contribution in [0.2, 0.25) is 0 Å². The summed E-state index contributed by atoms with van der Waals surface area (Å²) in [5.41, 5.74) is 9.07. The maximum absolute atomic E-state index is 12.1. The molecule has 3 aromatic rings. The highest BCUT2D eigenvalue weighted by molar-refractivity contribution is 8.03. The van der Waals surface area contributed by atoms with Gasteiger partial charge in [-0.05, 0) is 91.0 Å². The lowest BCUT2D eigenvalue weighted by molar-refractivity contribution is 0.0600.